The molecule has 0 unspecified atom stereocenters. The van der Waals surface area contributed by atoms with Crippen LogP contribution >= 0.6 is 15.9 Å². The molecule has 0 aliphatic heterocycles. The topological polar surface area (TPSA) is 64.9 Å². The molecule has 0 radical (unpaired) electrons. The van der Waals surface area contributed by atoms with Gasteiger partial charge in [0, 0.05) is 15.6 Å². The molecule has 0 saturated heterocycles. The predicted molar refractivity (Wildman–Crippen MR) is 77.2 cm³/mol. The standard InChI is InChI=1S/C14H8BrF2N3O/c15-9-3-8(4-10(16)6-9)13-19-14(21-20-13)7-1-2-12(18)11(17)5-7/h1-6H,18H2. The first-order valence-corrected chi connectivity index (χ1v) is 6.68. The van der Waals surface area contributed by atoms with Crippen LogP contribution in [0.1, 0.15) is 0 Å². The number of aromatic nitrogens is 2. The van der Waals surface area contributed by atoms with E-state index in [-0.39, 0.29) is 17.4 Å². The number of benzene rings is 2. The van der Waals surface area contributed by atoms with Gasteiger partial charge in [-0.05, 0) is 36.4 Å². The molecular weight excluding hydrogens is 344 g/mol. The average molecular weight is 352 g/mol. The van der Waals surface area contributed by atoms with E-state index in [4.69, 9.17) is 10.3 Å². The number of nitrogen functional groups attached to an aromatic ring is 1. The highest BCUT2D eigenvalue weighted by Crippen LogP contribution is 2.26. The normalized spacial score (nSPS) is 10.8. The van der Waals surface area contributed by atoms with E-state index in [1.165, 1.54) is 24.3 Å². The summed E-state index contributed by atoms with van der Waals surface area (Å²) in [6, 6.07) is 8.43. The van der Waals surface area contributed by atoms with Crippen LogP contribution in [0, 0.1) is 11.6 Å². The summed E-state index contributed by atoms with van der Waals surface area (Å²) < 4.78 is 32.4. The fraction of sp³-hybridized carbons (Fsp3) is 0. The second kappa shape index (κ2) is 5.25. The van der Waals surface area contributed by atoms with E-state index in [1.54, 1.807) is 12.1 Å². The third-order valence-corrected chi connectivity index (χ3v) is 3.25. The van der Waals surface area contributed by atoms with Gasteiger partial charge in [-0.3, -0.25) is 0 Å². The smallest absolute Gasteiger partial charge is 0.258 e. The van der Waals surface area contributed by atoms with Crippen molar-refractivity contribution in [3.63, 3.8) is 0 Å². The summed E-state index contributed by atoms with van der Waals surface area (Å²) in [5.41, 5.74) is 6.29. The molecule has 21 heavy (non-hydrogen) atoms. The Bertz CT molecular complexity index is 799. The molecule has 3 rings (SSSR count). The first kappa shape index (κ1) is 13.7. The van der Waals surface area contributed by atoms with Crippen molar-refractivity contribution in [3.05, 3.63) is 52.5 Å². The van der Waals surface area contributed by atoms with Crippen molar-refractivity contribution in [2.75, 3.05) is 5.73 Å². The van der Waals surface area contributed by atoms with Crippen molar-refractivity contribution in [2.24, 2.45) is 0 Å². The van der Waals surface area contributed by atoms with Crippen LogP contribution in [0.4, 0.5) is 14.5 Å². The summed E-state index contributed by atoms with van der Waals surface area (Å²) >= 11 is 3.19. The number of halogens is 3. The fourth-order valence-corrected chi connectivity index (χ4v) is 2.27. The number of nitrogens with zero attached hydrogens (tertiary/aromatic N) is 2. The Hall–Kier alpha value is -2.28. The quantitative estimate of drug-likeness (QED) is 0.708. The van der Waals surface area contributed by atoms with Crippen molar-refractivity contribution in [1.29, 1.82) is 0 Å². The van der Waals surface area contributed by atoms with Crippen LogP contribution in [0.15, 0.2) is 45.4 Å². The molecule has 0 aliphatic rings. The highest BCUT2D eigenvalue weighted by atomic mass is 79.9. The molecule has 2 aromatic carbocycles. The van der Waals surface area contributed by atoms with Crippen molar-refractivity contribution >= 4 is 21.6 Å². The maximum atomic E-state index is 13.4. The van der Waals surface area contributed by atoms with E-state index >= 15 is 0 Å². The molecular formula is C14H8BrF2N3O. The number of nitrogens with two attached hydrogens (primary N) is 1. The summed E-state index contributed by atoms with van der Waals surface area (Å²) in [6.07, 6.45) is 0. The van der Waals surface area contributed by atoms with Gasteiger partial charge >= 0.3 is 0 Å². The minimum absolute atomic E-state index is 0.0348. The number of hydrogen-bond acceptors (Lipinski definition) is 4. The Morgan fingerprint density at radius 3 is 2.57 bits per heavy atom. The van der Waals surface area contributed by atoms with Gasteiger partial charge in [0.2, 0.25) is 5.82 Å². The summed E-state index contributed by atoms with van der Waals surface area (Å²) in [4.78, 5) is 4.13. The third kappa shape index (κ3) is 2.78. The van der Waals surface area contributed by atoms with E-state index in [0.717, 1.165) is 0 Å². The van der Waals surface area contributed by atoms with Crippen LogP contribution in [0.2, 0.25) is 0 Å². The molecule has 4 nitrogen and oxygen atoms in total. The largest absolute Gasteiger partial charge is 0.396 e. The lowest BCUT2D eigenvalue weighted by Crippen LogP contribution is -1.90. The summed E-state index contributed by atoms with van der Waals surface area (Å²) in [5.74, 6) is -0.656. The molecule has 106 valence electrons. The van der Waals surface area contributed by atoms with E-state index in [1.807, 2.05) is 0 Å². The van der Waals surface area contributed by atoms with Crippen molar-refractivity contribution < 1.29 is 13.3 Å². The van der Waals surface area contributed by atoms with Gasteiger partial charge in [0.1, 0.15) is 11.6 Å². The summed E-state index contributed by atoms with van der Waals surface area (Å²) in [7, 11) is 0. The van der Waals surface area contributed by atoms with Gasteiger partial charge in [0.15, 0.2) is 0 Å². The van der Waals surface area contributed by atoms with Crippen LogP contribution in [0.25, 0.3) is 22.8 Å². The zero-order valence-electron chi connectivity index (χ0n) is 10.5. The molecule has 0 fully saturated rings. The zero-order chi connectivity index (χ0) is 15.0. The Kier molecular flexibility index (Phi) is 3.42. The van der Waals surface area contributed by atoms with Gasteiger partial charge < -0.3 is 10.3 Å². The minimum atomic E-state index is -0.569. The lowest BCUT2D eigenvalue weighted by molar-refractivity contribution is 0.432. The lowest BCUT2D eigenvalue weighted by Gasteiger charge is -1.98. The third-order valence-electron chi connectivity index (χ3n) is 2.79. The average Bonchev–Trinajstić information content (AvgIpc) is 2.90. The van der Waals surface area contributed by atoms with E-state index < -0.39 is 11.6 Å². The van der Waals surface area contributed by atoms with Gasteiger partial charge in [0.05, 0.1) is 5.69 Å². The van der Waals surface area contributed by atoms with Crippen molar-refractivity contribution in [2.45, 2.75) is 0 Å². The van der Waals surface area contributed by atoms with Gasteiger partial charge in [-0.15, -0.1) is 0 Å². The molecule has 1 aromatic heterocycles. The highest BCUT2D eigenvalue weighted by molar-refractivity contribution is 9.10. The lowest BCUT2D eigenvalue weighted by atomic mass is 10.2. The first-order chi connectivity index (χ1) is 10.0. The molecule has 0 atom stereocenters. The molecule has 3 aromatic rings. The fourth-order valence-electron chi connectivity index (χ4n) is 1.80. The molecule has 2 N–H and O–H groups in total. The number of rotatable bonds is 2. The molecule has 0 saturated carbocycles. The SMILES string of the molecule is Nc1ccc(-c2nc(-c3cc(F)cc(Br)c3)no2)cc1F. The maximum absolute atomic E-state index is 13.4. The Balaban J connectivity index is 2.01. The molecule has 0 bridgehead atoms. The Morgan fingerprint density at radius 2 is 1.86 bits per heavy atom. The van der Waals surface area contributed by atoms with E-state index in [2.05, 4.69) is 26.1 Å². The summed E-state index contributed by atoms with van der Waals surface area (Å²) in [5, 5.41) is 3.77. The van der Waals surface area contributed by atoms with E-state index in [9.17, 15) is 8.78 Å². The Labute approximate surface area is 126 Å². The summed E-state index contributed by atoms with van der Waals surface area (Å²) in [6.45, 7) is 0. The zero-order valence-corrected chi connectivity index (χ0v) is 12.1. The molecule has 1 heterocycles. The predicted octanol–water partition coefficient (Wildman–Crippen LogP) is 4.03. The van der Waals surface area contributed by atoms with Crippen LogP contribution in [0.3, 0.4) is 0 Å². The van der Waals surface area contributed by atoms with Gasteiger partial charge in [-0.25, -0.2) is 8.78 Å². The molecule has 7 heteroatoms. The number of anilines is 1. The van der Waals surface area contributed by atoms with Gasteiger partial charge in [0.25, 0.3) is 5.89 Å². The van der Waals surface area contributed by atoms with Crippen molar-refractivity contribution in [1.82, 2.24) is 10.1 Å². The Morgan fingerprint density at radius 1 is 1.05 bits per heavy atom. The van der Waals surface area contributed by atoms with E-state index in [0.29, 0.717) is 15.6 Å². The van der Waals surface area contributed by atoms with Crippen LogP contribution in [-0.2, 0) is 0 Å². The highest BCUT2D eigenvalue weighted by Gasteiger charge is 2.13. The van der Waals surface area contributed by atoms with Gasteiger partial charge in [-0.2, -0.15) is 4.98 Å². The first-order valence-electron chi connectivity index (χ1n) is 5.88. The maximum Gasteiger partial charge on any atom is 0.258 e. The van der Waals surface area contributed by atoms with Crippen molar-refractivity contribution in [3.8, 4) is 22.8 Å². The van der Waals surface area contributed by atoms with Crippen LogP contribution in [0.5, 0.6) is 0 Å². The molecule has 0 spiro atoms. The molecule has 0 amide bonds. The monoisotopic (exact) mass is 351 g/mol. The van der Waals surface area contributed by atoms with Crippen LogP contribution < -0.4 is 5.73 Å². The number of hydrogen-bond donors (Lipinski definition) is 1. The van der Waals surface area contributed by atoms with Crippen LogP contribution in [-0.4, -0.2) is 10.1 Å². The second-order valence-corrected chi connectivity index (χ2v) is 5.23. The van der Waals surface area contributed by atoms with Gasteiger partial charge in [-0.1, -0.05) is 21.1 Å². The second-order valence-electron chi connectivity index (χ2n) is 4.32. The molecule has 0 aliphatic carbocycles. The minimum Gasteiger partial charge on any atom is -0.396 e.